The lowest BCUT2D eigenvalue weighted by Crippen LogP contribution is -2.33. The fourth-order valence-corrected chi connectivity index (χ4v) is 6.68. The zero-order valence-electron chi connectivity index (χ0n) is 20.7. The molecular formula is C24H27N5O4S3. The molecule has 1 aliphatic heterocycles. The fourth-order valence-electron chi connectivity index (χ4n) is 4.19. The number of benzene rings is 1. The third-order valence-corrected chi connectivity index (χ3v) is 9.03. The average Bonchev–Trinajstić information content (AvgIpc) is 3.47. The summed E-state index contributed by atoms with van der Waals surface area (Å²) in [5.41, 5.74) is 2.41. The van der Waals surface area contributed by atoms with Gasteiger partial charge >= 0.3 is 0 Å². The van der Waals surface area contributed by atoms with Gasteiger partial charge < -0.3 is 19.5 Å². The molecule has 12 heteroatoms. The van der Waals surface area contributed by atoms with E-state index in [9.17, 15) is 4.79 Å². The zero-order valence-corrected chi connectivity index (χ0v) is 23.2. The highest BCUT2D eigenvalue weighted by Gasteiger charge is 2.33. The molecule has 0 saturated heterocycles. The van der Waals surface area contributed by atoms with Crippen LogP contribution in [-0.2, 0) is 22.6 Å². The second-order valence-corrected chi connectivity index (χ2v) is 11.4. The van der Waals surface area contributed by atoms with Gasteiger partial charge in [0.2, 0.25) is 5.91 Å². The lowest BCUT2D eigenvalue weighted by Gasteiger charge is -2.32. The van der Waals surface area contributed by atoms with Crippen molar-refractivity contribution in [3.05, 3.63) is 28.6 Å². The minimum absolute atomic E-state index is 0.158. The molecule has 4 aromatic rings. The number of methoxy groups -OCH3 is 2. The quantitative estimate of drug-likeness (QED) is 0.241. The molecule has 0 spiro atoms. The van der Waals surface area contributed by atoms with Gasteiger partial charge in [0.25, 0.3) is 0 Å². The van der Waals surface area contributed by atoms with Gasteiger partial charge in [-0.3, -0.25) is 4.79 Å². The van der Waals surface area contributed by atoms with Crippen molar-refractivity contribution in [1.29, 1.82) is 0 Å². The van der Waals surface area contributed by atoms with Gasteiger partial charge in [-0.15, -0.1) is 21.5 Å². The number of thioether (sulfide) groups is 2. The van der Waals surface area contributed by atoms with Gasteiger partial charge in [-0.25, -0.2) is 9.38 Å². The number of thiophene rings is 1. The lowest BCUT2D eigenvalue weighted by atomic mass is 9.90. The highest BCUT2D eigenvalue weighted by molar-refractivity contribution is 8.00. The van der Waals surface area contributed by atoms with Crippen LogP contribution in [0.5, 0.6) is 11.5 Å². The van der Waals surface area contributed by atoms with Crippen molar-refractivity contribution >= 4 is 62.3 Å². The van der Waals surface area contributed by atoms with Gasteiger partial charge in [-0.2, -0.15) is 0 Å². The van der Waals surface area contributed by atoms with Crippen LogP contribution in [0.25, 0.3) is 15.9 Å². The molecule has 190 valence electrons. The fraction of sp³-hybridized carbons (Fsp3) is 0.417. The summed E-state index contributed by atoms with van der Waals surface area (Å²) >= 11 is 4.52. The monoisotopic (exact) mass is 545 g/mol. The third kappa shape index (κ3) is 4.51. The molecule has 9 nitrogen and oxygen atoms in total. The van der Waals surface area contributed by atoms with Gasteiger partial charge in [0, 0.05) is 17.4 Å². The number of hydrogen-bond donors (Lipinski definition) is 1. The summed E-state index contributed by atoms with van der Waals surface area (Å²) < 4.78 is 18.7. The summed E-state index contributed by atoms with van der Waals surface area (Å²) in [6.45, 7) is 4.89. The van der Waals surface area contributed by atoms with Gasteiger partial charge in [0.1, 0.15) is 16.3 Å². The molecule has 4 heterocycles. The Labute approximate surface area is 221 Å². The van der Waals surface area contributed by atoms with Crippen LogP contribution < -0.4 is 14.8 Å². The summed E-state index contributed by atoms with van der Waals surface area (Å²) in [6, 6.07) is 5.26. The van der Waals surface area contributed by atoms with Crippen molar-refractivity contribution < 1.29 is 19.0 Å². The second kappa shape index (κ2) is 10.1. The van der Waals surface area contributed by atoms with Gasteiger partial charge in [-0.05, 0) is 37.3 Å². The number of hydrogen-bond acceptors (Lipinski definition) is 10. The van der Waals surface area contributed by atoms with Gasteiger partial charge in [0.05, 0.1) is 43.3 Å². The van der Waals surface area contributed by atoms with Crippen molar-refractivity contribution in [2.45, 2.75) is 49.2 Å². The molecule has 1 unspecified atom stereocenters. The Morgan fingerprint density at radius 1 is 1.28 bits per heavy atom. The van der Waals surface area contributed by atoms with Crippen LogP contribution >= 0.6 is 34.9 Å². The molecule has 1 atom stereocenters. The third-order valence-electron chi connectivity index (χ3n) is 6.37. The van der Waals surface area contributed by atoms with E-state index in [0.29, 0.717) is 28.9 Å². The van der Waals surface area contributed by atoms with Crippen molar-refractivity contribution in [3.8, 4) is 11.5 Å². The van der Waals surface area contributed by atoms with Gasteiger partial charge in [0.15, 0.2) is 16.0 Å². The summed E-state index contributed by atoms with van der Waals surface area (Å²) in [4.78, 5) is 19.9. The first-order valence-corrected chi connectivity index (χ1v) is 14.4. The molecule has 0 radical (unpaired) electrons. The SMILES string of the molecule is CCC1(C)Cc2c(sc3nc(SC)n4c(SCC(=O)Nc5ccc(OC)cc5OC)nnc4c23)CO1. The first kappa shape index (κ1) is 25.1. The van der Waals surface area contributed by atoms with Crippen LogP contribution in [0.4, 0.5) is 5.69 Å². The molecule has 3 aromatic heterocycles. The number of nitrogens with zero attached hydrogens (tertiary/aromatic N) is 4. The molecule has 0 bridgehead atoms. The van der Waals surface area contributed by atoms with E-state index in [2.05, 4.69) is 29.4 Å². The number of carbonyl (C=O) groups is 1. The number of carbonyl (C=O) groups excluding carboxylic acids is 1. The second-order valence-electron chi connectivity index (χ2n) is 8.60. The largest absolute Gasteiger partial charge is 0.497 e. The molecule has 1 amide bonds. The highest BCUT2D eigenvalue weighted by Crippen LogP contribution is 2.42. The molecule has 0 aliphatic carbocycles. The molecule has 36 heavy (non-hydrogen) atoms. The Morgan fingerprint density at radius 3 is 2.83 bits per heavy atom. The maximum absolute atomic E-state index is 12.8. The average molecular weight is 546 g/mol. The maximum Gasteiger partial charge on any atom is 0.234 e. The molecule has 0 fully saturated rings. The van der Waals surface area contributed by atoms with Crippen molar-refractivity contribution in [2.75, 3.05) is 31.5 Å². The maximum atomic E-state index is 12.8. The van der Waals surface area contributed by atoms with Crippen molar-refractivity contribution in [3.63, 3.8) is 0 Å². The topological polar surface area (TPSA) is 99.9 Å². The van der Waals surface area contributed by atoms with E-state index in [1.165, 1.54) is 34.0 Å². The Bertz CT molecular complexity index is 1450. The summed E-state index contributed by atoms with van der Waals surface area (Å²) in [7, 11) is 3.14. The normalized spacial score (nSPS) is 17.4. The predicted molar refractivity (Wildman–Crippen MR) is 144 cm³/mol. The lowest BCUT2D eigenvalue weighted by molar-refractivity contribution is -0.113. The summed E-state index contributed by atoms with van der Waals surface area (Å²) in [5.74, 6) is 1.16. The van der Waals surface area contributed by atoms with E-state index in [1.807, 2.05) is 10.7 Å². The molecule has 1 aliphatic rings. The molecule has 5 rings (SSSR count). The number of aromatic nitrogens is 4. The van der Waals surface area contributed by atoms with Crippen LogP contribution in [0, 0.1) is 0 Å². The minimum Gasteiger partial charge on any atom is -0.497 e. The van der Waals surface area contributed by atoms with E-state index in [1.54, 1.807) is 43.8 Å². The van der Waals surface area contributed by atoms with Crippen molar-refractivity contribution in [2.24, 2.45) is 0 Å². The highest BCUT2D eigenvalue weighted by atomic mass is 32.2. The number of anilines is 1. The smallest absolute Gasteiger partial charge is 0.234 e. The number of ether oxygens (including phenoxy) is 3. The number of fused-ring (bicyclic) bond motifs is 5. The predicted octanol–water partition coefficient (Wildman–Crippen LogP) is 5.05. The molecular weight excluding hydrogens is 518 g/mol. The minimum atomic E-state index is -0.200. The number of rotatable bonds is 8. The van der Waals surface area contributed by atoms with Crippen LogP contribution in [0.15, 0.2) is 28.5 Å². The van der Waals surface area contributed by atoms with E-state index >= 15 is 0 Å². The molecule has 0 saturated carbocycles. The zero-order chi connectivity index (χ0) is 25.4. The Kier molecular flexibility index (Phi) is 7.03. The van der Waals surface area contributed by atoms with Crippen LogP contribution in [0.1, 0.15) is 30.7 Å². The standard InChI is InChI=1S/C24H27N5O4S3/c1-6-24(2)10-14-17(11-33-24)36-21-19(14)20-27-28-23(29(20)22(26-21)34-5)35-12-18(30)25-15-8-7-13(31-3)9-16(15)32-4/h7-9H,6,10-12H2,1-5H3,(H,25,30). The Morgan fingerprint density at radius 2 is 2.11 bits per heavy atom. The number of nitrogens with one attached hydrogen (secondary N) is 1. The van der Waals surface area contributed by atoms with Crippen LogP contribution in [-0.4, -0.2) is 57.3 Å². The van der Waals surface area contributed by atoms with E-state index in [-0.39, 0.29) is 17.3 Å². The first-order valence-electron chi connectivity index (χ1n) is 11.4. The van der Waals surface area contributed by atoms with Crippen LogP contribution in [0.3, 0.4) is 0 Å². The first-order chi connectivity index (χ1) is 17.4. The van der Waals surface area contributed by atoms with Crippen molar-refractivity contribution in [1.82, 2.24) is 19.6 Å². The van der Waals surface area contributed by atoms with E-state index in [0.717, 1.165) is 33.9 Å². The number of amides is 1. The Hall–Kier alpha value is -2.54. The van der Waals surface area contributed by atoms with E-state index in [4.69, 9.17) is 19.2 Å². The summed E-state index contributed by atoms with van der Waals surface area (Å²) in [5, 5.41) is 14.4. The van der Waals surface area contributed by atoms with Gasteiger partial charge in [-0.1, -0.05) is 30.4 Å². The van der Waals surface area contributed by atoms with Crippen LogP contribution in [0.2, 0.25) is 0 Å². The Balaban J connectivity index is 1.43. The molecule has 1 N–H and O–H groups in total. The summed E-state index contributed by atoms with van der Waals surface area (Å²) in [6.07, 6.45) is 3.73. The molecule has 1 aromatic carbocycles. The van der Waals surface area contributed by atoms with E-state index < -0.39 is 0 Å².